The molecule has 120 valence electrons. The summed E-state index contributed by atoms with van der Waals surface area (Å²) in [7, 11) is -3.36. The maximum Gasteiger partial charge on any atom is 0.229 e. The van der Waals surface area contributed by atoms with Crippen LogP contribution in [0.4, 0.5) is 10.1 Å². The average molecular weight is 334 g/mol. The quantitative estimate of drug-likeness (QED) is 0.796. The fourth-order valence-corrected chi connectivity index (χ4v) is 3.04. The van der Waals surface area contributed by atoms with Gasteiger partial charge in [0.05, 0.1) is 29.2 Å². The summed E-state index contributed by atoms with van der Waals surface area (Å²) in [6.45, 7) is 2.60. The van der Waals surface area contributed by atoms with Crippen molar-refractivity contribution in [2.45, 2.75) is 13.5 Å². The van der Waals surface area contributed by atoms with Gasteiger partial charge in [0, 0.05) is 18.3 Å². The number of aromatic nitrogens is 3. The molecule has 2 aromatic heterocycles. The van der Waals surface area contributed by atoms with Gasteiger partial charge in [-0.05, 0) is 31.2 Å². The zero-order chi connectivity index (χ0) is 16.6. The number of imidazole rings is 1. The Morgan fingerprint density at radius 1 is 1.26 bits per heavy atom. The standard InChI is InChI=1S/C15H15FN4O2S/c1-3-20-14-5-4-12(19-23(2,21)22)7-13(14)18-15(20)10-6-11(16)9-17-8-10/h4-9,19H,3H2,1-2H3. The van der Waals surface area contributed by atoms with Crippen LogP contribution in [0.25, 0.3) is 22.4 Å². The molecule has 3 rings (SSSR count). The fourth-order valence-electron chi connectivity index (χ4n) is 2.48. The highest BCUT2D eigenvalue weighted by Crippen LogP contribution is 2.27. The zero-order valence-electron chi connectivity index (χ0n) is 12.6. The normalized spacial score (nSPS) is 11.8. The second-order valence-electron chi connectivity index (χ2n) is 5.15. The second kappa shape index (κ2) is 5.62. The van der Waals surface area contributed by atoms with Crippen LogP contribution in [0.5, 0.6) is 0 Å². The van der Waals surface area contributed by atoms with Crippen molar-refractivity contribution >= 4 is 26.7 Å². The third-order valence-electron chi connectivity index (χ3n) is 3.33. The molecule has 3 aromatic rings. The molecule has 0 aliphatic rings. The van der Waals surface area contributed by atoms with Gasteiger partial charge in [0.1, 0.15) is 11.6 Å². The third kappa shape index (κ3) is 3.16. The van der Waals surface area contributed by atoms with E-state index in [1.165, 1.54) is 6.07 Å². The van der Waals surface area contributed by atoms with E-state index in [-0.39, 0.29) is 0 Å². The van der Waals surface area contributed by atoms with E-state index in [0.717, 1.165) is 18.0 Å². The molecule has 23 heavy (non-hydrogen) atoms. The van der Waals surface area contributed by atoms with E-state index in [0.29, 0.717) is 29.1 Å². The van der Waals surface area contributed by atoms with Crippen molar-refractivity contribution in [2.24, 2.45) is 0 Å². The smallest absolute Gasteiger partial charge is 0.229 e. The van der Waals surface area contributed by atoms with E-state index in [9.17, 15) is 12.8 Å². The van der Waals surface area contributed by atoms with Crippen molar-refractivity contribution in [3.63, 3.8) is 0 Å². The summed E-state index contributed by atoms with van der Waals surface area (Å²) in [6, 6.07) is 6.48. The summed E-state index contributed by atoms with van der Waals surface area (Å²) >= 11 is 0. The largest absolute Gasteiger partial charge is 0.324 e. The molecule has 0 saturated carbocycles. The molecule has 6 nitrogen and oxygen atoms in total. The molecule has 0 amide bonds. The summed E-state index contributed by atoms with van der Waals surface area (Å²) in [4.78, 5) is 8.36. The first-order chi connectivity index (χ1) is 10.9. The van der Waals surface area contributed by atoms with Crippen LogP contribution in [0, 0.1) is 5.82 Å². The lowest BCUT2D eigenvalue weighted by atomic mass is 10.2. The number of rotatable bonds is 4. The Balaban J connectivity index is 2.16. The van der Waals surface area contributed by atoms with Crippen molar-refractivity contribution in [1.82, 2.24) is 14.5 Å². The number of halogens is 1. The van der Waals surface area contributed by atoms with Crippen LogP contribution < -0.4 is 4.72 Å². The molecule has 0 unspecified atom stereocenters. The minimum Gasteiger partial charge on any atom is -0.324 e. The highest BCUT2D eigenvalue weighted by molar-refractivity contribution is 7.92. The number of pyridine rings is 1. The van der Waals surface area contributed by atoms with Gasteiger partial charge in [-0.15, -0.1) is 0 Å². The van der Waals surface area contributed by atoms with Crippen LogP contribution in [0.2, 0.25) is 0 Å². The van der Waals surface area contributed by atoms with Gasteiger partial charge in [-0.25, -0.2) is 17.8 Å². The SMILES string of the molecule is CCn1c(-c2cncc(F)c2)nc2cc(NS(C)(=O)=O)ccc21. The third-order valence-corrected chi connectivity index (χ3v) is 3.94. The topological polar surface area (TPSA) is 76.9 Å². The monoisotopic (exact) mass is 334 g/mol. The predicted molar refractivity (Wildman–Crippen MR) is 87.1 cm³/mol. The first kappa shape index (κ1) is 15.4. The van der Waals surface area contributed by atoms with Crippen LogP contribution >= 0.6 is 0 Å². The molecule has 0 radical (unpaired) electrons. The minimum absolute atomic E-state index is 0.434. The molecule has 8 heteroatoms. The average Bonchev–Trinajstić information content (AvgIpc) is 2.83. The zero-order valence-corrected chi connectivity index (χ0v) is 13.4. The van der Waals surface area contributed by atoms with Crippen molar-refractivity contribution in [2.75, 3.05) is 11.0 Å². The van der Waals surface area contributed by atoms with Gasteiger partial charge < -0.3 is 4.57 Å². The molecule has 1 N–H and O–H groups in total. The Labute approximate surface area is 133 Å². The number of nitrogens with one attached hydrogen (secondary N) is 1. The highest BCUT2D eigenvalue weighted by Gasteiger charge is 2.13. The summed E-state index contributed by atoms with van der Waals surface area (Å²) in [6.07, 6.45) is 3.77. The van der Waals surface area contributed by atoms with Gasteiger partial charge in [-0.3, -0.25) is 9.71 Å². The van der Waals surface area contributed by atoms with Crippen LogP contribution in [-0.2, 0) is 16.6 Å². The lowest BCUT2D eigenvalue weighted by molar-refractivity contribution is 0.607. The Hall–Kier alpha value is -2.48. The first-order valence-electron chi connectivity index (χ1n) is 6.96. The molecule has 0 atom stereocenters. The number of aryl methyl sites for hydroxylation is 1. The molecule has 1 aromatic carbocycles. The molecule has 0 spiro atoms. The number of hydrogen-bond donors (Lipinski definition) is 1. The van der Waals surface area contributed by atoms with Crippen molar-refractivity contribution in [3.8, 4) is 11.4 Å². The Bertz CT molecular complexity index is 982. The second-order valence-corrected chi connectivity index (χ2v) is 6.90. The Kier molecular flexibility index (Phi) is 3.77. The van der Waals surface area contributed by atoms with E-state index in [1.807, 2.05) is 11.5 Å². The molecule has 0 fully saturated rings. The predicted octanol–water partition coefficient (Wildman–Crippen LogP) is 2.63. The van der Waals surface area contributed by atoms with Gasteiger partial charge in [0.15, 0.2) is 0 Å². The maximum absolute atomic E-state index is 13.4. The summed E-state index contributed by atoms with van der Waals surface area (Å²) in [5, 5.41) is 0. The number of hydrogen-bond acceptors (Lipinski definition) is 4. The molecule has 2 heterocycles. The summed E-state index contributed by atoms with van der Waals surface area (Å²) in [5.41, 5.74) is 2.47. The molecule has 0 aliphatic heterocycles. The minimum atomic E-state index is -3.36. The van der Waals surface area contributed by atoms with Gasteiger partial charge in [-0.2, -0.15) is 0 Å². The van der Waals surface area contributed by atoms with E-state index in [4.69, 9.17) is 0 Å². The van der Waals surface area contributed by atoms with Gasteiger partial charge >= 0.3 is 0 Å². The molecule has 0 bridgehead atoms. The highest BCUT2D eigenvalue weighted by atomic mass is 32.2. The summed E-state index contributed by atoms with van der Waals surface area (Å²) < 4.78 is 40.4. The summed E-state index contributed by atoms with van der Waals surface area (Å²) in [5.74, 6) is 0.155. The molecule has 0 saturated heterocycles. The number of benzene rings is 1. The Morgan fingerprint density at radius 3 is 2.70 bits per heavy atom. The molecular weight excluding hydrogens is 319 g/mol. The van der Waals surface area contributed by atoms with Crippen LogP contribution in [0.3, 0.4) is 0 Å². The molecular formula is C15H15FN4O2S. The van der Waals surface area contributed by atoms with E-state index in [1.54, 1.807) is 24.4 Å². The van der Waals surface area contributed by atoms with Gasteiger partial charge in [-0.1, -0.05) is 0 Å². The van der Waals surface area contributed by atoms with Crippen LogP contribution in [0.15, 0.2) is 36.7 Å². The fraction of sp³-hybridized carbons (Fsp3) is 0.200. The van der Waals surface area contributed by atoms with E-state index >= 15 is 0 Å². The number of sulfonamides is 1. The van der Waals surface area contributed by atoms with Crippen molar-refractivity contribution in [1.29, 1.82) is 0 Å². The van der Waals surface area contributed by atoms with E-state index in [2.05, 4.69) is 14.7 Å². The number of fused-ring (bicyclic) bond motifs is 1. The molecule has 0 aliphatic carbocycles. The van der Waals surface area contributed by atoms with Gasteiger partial charge in [0.25, 0.3) is 0 Å². The van der Waals surface area contributed by atoms with Crippen molar-refractivity contribution < 1.29 is 12.8 Å². The number of anilines is 1. The number of nitrogens with zero attached hydrogens (tertiary/aromatic N) is 3. The van der Waals surface area contributed by atoms with Crippen LogP contribution in [0.1, 0.15) is 6.92 Å². The lowest BCUT2D eigenvalue weighted by Gasteiger charge is -2.06. The van der Waals surface area contributed by atoms with Gasteiger partial charge in [0.2, 0.25) is 10.0 Å². The Morgan fingerprint density at radius 2 is 2.04 bits per heavy atom. The first-order valence-corrected chi connectivity index (χ1v) is 8.85. The van der Waals surface area contributed by atoms with E-state index < -0.39 is 15.8 Å². The van der Waals surface area contributed by atoms with Crippen LogP contribution in [-0.4, -0.2) is 29.2 Å². The maximum atomic E-state index is 13.4. The lowest BCUT2D eigenvalue weighted by Crippen LogP contribution is -2.09. The van der Waals surface area contributed by atoms with Crippen molar-refractivity contribution in [3.05, 3.63) is 42.5 Å².